The molecule has 0 saturated carbocycles. The standard InChI is InChI=1S/C15H23Cl/c1-12(2)6-4-9-15(11-16)14-8-5-7-13(3)10-14/h5,7-8,10,12,15H,4,6,9,11H2,1-3H3. The number of hydrogen-bond donors (Lipinski definition) is 0. The van der Waals surface area contributed by atoms with Crippen LogP contribution < -0.4 is 0 Å². The highest BCUT2D eigenvalue weighted by Gasteiger charge is 2.10. The smallest absolute Gasteiger partial charge is 0.0292 e. The highest BCUT2D eigenvalue weighted by Crippen LogP contribution is 2.25. The number of aryl methyl sites for hydroxylation is 1. The van der Waals surface area contributed by atoms with Crippen LogP contribution in [0.2, 0.25) is 0 Å². The van der Waals surface area contributed by atoms with Gasteiger partial charge < -0.3 is 0 Å². The normalized spacial score (nSPS) is 13.1. The molecule has 1 rings (SSSR count). The SMILES string of the molecule is Cc1cccc(C(CCl)CCCC(C)C)c1. The second kappa shape index (κ2) is 6.96. The molecule has 1 unspecified atom stereocenters. The van der Waals surface area contributed by atoms with E-state index in [2.05, 4.69) is 45.0 Å². The third kappa shape index (κ3) is 4.57. The topological polar surface area (TPSA) is 0 Å². The van der Waals surface area contributed by atoms with Crippen LogP contribution in [0, 0.1) is 12.8 Å². The molecule has 0 spiro atoms. The Bertz CT molecular complexity index is 304. The van der Waals surface area contributed by atoms with Crippen LogP contribution in [0.15, 0.2) is 24.3 Å². The first kappa shape index (κ1) is 13.6. The zero-order valence-electron chi connectivity index (χ0n) is 10.7. The first-order valence-electron chi connectivity index (χ1n) is 6.26. The van der Waals surface area contributed by atoms with Gasteiger partial charge in [-0.25, -0.2) is 0 Å². The monoisotopic (exact) mass is 238 g/mol. The van der Waals surface area contributed by atoms with E-state index < -0.39 is 0 Å². The summed E-state index contributed by atoms with van der Waals surface area (Å²) < 4.78 is 0. The van der Waals surface area contributed by atoms with Gasteiger partial charge in [0.05, 0.1) is 0 Å². The van der Waals surface area contributed by atoms with E-state index in [1.807, 2.05) is 0 Å². The summed E-state index contributed by atoms with van der Waals surface area (Å²) in [5, 5.41) is 0. The number of hydrogen-bond acceptors (Lipinski definition) is 0. The van der Waals surface area contributed by atoms with Crippen molar-refractivity contribution in [3.05, 3.63) is 35.4 Å². The Kier molecular flexibility index (Phi) is 5.90. The predicted molar refractivity (Wildman–Crippen MR) is 73.3 cm³/mol. The minimum Gasteiger partial charge on any atom is -0.126 e. The zero-order valence-corrected chi connectivity index (χ0v) is 11.4. The van der Waals surface area contributed by atoms with Crippen LogP contribution in [0.5, 0.6) is 0 Å². The third-order valence-corrected chi connectivity index (χ3v) is 3.41. The van der Waals surface area contributed by atoms with Crippen LogP contribution in [0.4, 0.5) is 0 Å². The molecule has 1 heteroatoms. The third-order valence-electron chi connectivity index (χ3n) is 3.03. The van der Waals surface area contributed by atoms with Crippen molar-refractivity contribution in [2.24, 2.45) is 5.92 Å². The molecular formula is C15H23Cl. The number of rotatable bonds is 6. The molecule has 0 aliphatic rings. The van der Waals surface area contributed by atoms with Crippen LogP contribution in [-0.4, -0.2) is 5.88 Å². The van der Waals surface area contributed by atoms with Crippen molar-refractivity contribution in [1.29, 1.82) is 0 Å². The minimum atomic E-state index is 0.528. The first-order valence-corrected chi connectivity index (χ1v) is 6.79. The highest BCUT2D eigenvalue weighted by atomic mass is 35.5. The molecule has 1 aromatic carbocycles. The van der Waals surface area contributed by atoms with E-state index in [0.717, 1.165) is 11.8 Å². The van der Waals surface area contributed by atoms with Gasteiger partial charge in [-0.3, -0.25) is 0 Å². The lowest BCUT2D eigenvalue weighted by atomic mass is 9.92. The Morgan fingerprint density at radius 2 is 1.94 bits per heavy atom. The van der Waals surface area contributed by atoms with Crippen molar-refractivity contribution in [3.63, 3.8) is 0 Å². The Hall–Kier alpha value is -0.490. The lowest BCUT2D eigenvalue weighted by Crippen LogP contribution is -2.02. The van der Waals surface area contributed by atoms with Crippen molar-refractivity contribution >= 4 is 11.6 Å². The molecule has 0 aliphatic heterocycles. The fraction of sp³-hybridized carbons (Fsp3) is 0.600. The first-order chi connectivity index (χ1) is 7.63. The largest absolute Gasteiger partial charge is 0.126 e. The molecule has 0 fully saturated rings. The summed E-state index contributed by atoms with van der Waals surface area (Å²) in [5.74, 6) is 2.07. The van der Waals surface area contributed by atoms with Gasteiger partial charge in [-0.15, -0.1) is 11.6 Å². The van der Waals surface area contributed by atoms with E-state index >= 15 is 0 Å². The number of alkyl halides is 1. The Morgan fingerprint density at radius 1 is 1.19 bits per heavy atom. The molecule has 0 aromatic heterocycles. The van der Waals surface area contributed by atoms with Crippen molar-refractivity contribution in [3.8, 4) is 0 Å². The van der Waals surface area contributed by atoms with Crippen LogP contribution in [0.25, 0.3) is 0 Å². The van der Waals surface area contributed by atoms with Crippen molar-refractivity contribution in [1.82, 2.24) is 0 Å². The van der Waals surface area contributed by atoms with Crippen molar-refractivity contribution in [2.75, 3.05) is 5.88 Å². The second-order valence-electron chi connectivity index (χ2n) is 5.09. The molecule has 1 atom stereocenters. The predicted octanol–water partition coefficient (Wildman–Crippen LogP) is 5.14. The summed E-state index contributed by atoms with van der Waals surface area (Å²) in [4.78, 5) is 0. The summed E-state index contributed by atoms with van der Waals surface area (Å²) >= 11 is 6.07. The average molecular weight is 239 g/mol. The maximum Gasteiger partial charge on any atom is 0.0292 e. The van der Waals surface area contributed by atoms with E-state index in [0.29, 0.717) is 5.92 Å². The lowest BCUT2D eigenvalue weighted by Gasteiger charge is -2.15. The number of benzene rings is 1. The average Bonchev–Trinajstić information content (AvgIpc) is 2.24. The molecule has 1 aromatic rings. The summed E-state index contributed by atoms with van der Waals surface area (Å²) in [6.45, 7) is 6.70. The van der Waals surface area contributed by atoms with Crippen LogP contribution in [0.3, 0.4) is 0 Å². The van der Waals surface area contributed by atoms with Gasteiger partial charge in [-0.1, -0.05) is 56.5 Å². The Balaban J connectivity index is 2.53. The molecule has 0 saturated heterocycles. The van der Waals surface area contributed by atoms with E-state index in [1.54, 1.807) is 0 Å². The van der Waals surface area contributed by atoms with Gasteiger partial charge >= 0.3 is 0 Å². The van der Waals surface area contributed by atoms with E-state index in [9.17, 15) is 0 Å². The van der Waals surface area contributed by atoms with Crippen LogP contribution in [0.1, 0.15) is 50.2 Å². The van der Waals surface area contributed by atoms with Gasteiger partial charge in [0.15, 0.2) is 0 Å². The van der Waals surface area contributed by atoms with E-state index in [-0.39, 0.29) is 0 Å². The minimum absolute atomic E-state index is 0.528. The van der Waals surface area contributed by atoms with Crippen LogP contribution in [-0.2, 0) is 0 Å². The Labute approximate surface area is 105 Å². The van der Waals surface area contributed by atoms with Gasteiger partial charge in [0.2, 0.25) is 0 Å². The highest BCUT2D eigenvalue weighted by molar-refractivity contribution is 6.18. The quantitative estimate of drug-likeness (QED) is 0.602. The lowest BCUT2D eigenvalue weighted by molar-refractivity contribution is 0.514. The molecule has 90 valence electrons. The summed E-state index contributed by atoms with van der Waals surface area (Å²) in [6.07, 6.45) is 3.80. The summed E-state index contributed by atoms with van der Waals surface area (Å²) in [7, 11) is 0. The fourth-order valence-electron chi connectivity index (χ4n) is 2.03. The molecule has 0 N–H and O–H groups in total. The van der Waals surface area contributed by atoms with Gasteiger partial charge in [0, 0.05) is 5.88 Å². The molecule has 0 radical (unpaired) electrons. The van der Waals surface area contributed by atoms with Gasteiger partial charge in [0.1, 0.15) is 0 Å². The molecule has 0 nitrogen and oxygen atoms in total. The molecule has 0 aliphatic carbocycles. The van der Waals surface area contributed by atoms with Gasteiger partial charge in [-0.2, -0.15) is 0 Å². The second-order valence-corrected chi connectivity index (χ2v) is 5.40. The van der Waals surface area contributed by atoms with Crippen molar-refractivity contribution < 1.29 is 0 Å². The molecular weight excluding hydrogens is 216 g/mol. The fourth-order valence-corrected chi connectivity index (χ4v) is 2.36. The zero-order chi connectivity index (χ0) is 12.0. The maximum atomic E-state index is 6.07. The van der Waals surface area contributed by atoms with Gasteiger partial charge in [-0.05, 0) is 30.7 Å². The van der Waals surface area contributed by atoms with Crippen molar-refractivity contribution in [2.45, 2.75) is 46.0 Å². The maximum absolute atomic E-state index is 6.07. The number of halogens is 1. The summed E-state index contributed by atoms with van der Waals surface area (Å²) in [5.41, 5.74) is 2.73. The Morgan fingerprint density at radius 3 is 2.50 bits per heavy atom. The van der Waals surface area contributed by atoms with E-state index in [1.165, 1.54) is 30.4 Å². The van der Waals surface area contributed by atoms with Crippen LogP contribution >= 0.6 is 11.6 Å². The summed E-state index contributed by atoms with van der Waals surface area (Å²) in [6, 6.07) is 8.74. The van der Waals surface area contributed by atoms with Gasteiger partial charge in [0.25, 0.3) is 0 Å². The van der Waals surface area contributed by atoms with E-state index in [4.69, 9.17) is 11.6 Å². The molecule has 0 heterocycles. The molecule has 0 bridgehead atoms. The molecule has 16 heavy (non-hydrogen) atoms. The molecule has 0 amide bonds.